The van der Waals surface area contributed by atoms with Crippen molar-refractivity contribution < 1.29 is 8.42 Å². The number of benzene rings is 2. The van der Waals surface area contributed by atoms with E-state index in [-0.39, 0.29) is 10.9 Å². The van der Waals surface area contributed by atoms with E-state index in [0.29, 0.717) is 0 Å². The molecule has 1 aliphatic heterocycles. The number of sulfonamides is 1. The highest BCUT2D eigenvalue weighted by Crippen LogP contribution is 2.33. The molecule has 0 fully saturated rings. The first-order valence-corrected chi connectivity index (χ1v) is 8.10. The van der Waals surface area contributed by atoms with E-state index in [1.807, 2.05) is 29.4 Å². The molecule has 6 heteroatoms. The second-order valence-electron chi connectivity index (χ2n) is 4.84. The van der Waals surface area contributed by atoms with Gasteiger partial charge in [-0.2, -0.15) is 5.10 Å². The van der Waals surface area contributed by atoms with Crippen LogP contribution in [0.4, 0.5) is 5.69 Å². The van der Waals surface area contributed by atoms with Crippen LogP contribution in [0.3, 0.4) is 0 Å². The second kappa shape index (κ2) is 5.31. The molecule has 2 aromatic rings. The highest BCUT2D eigenvalue weighted by molar-refractivity contribution is 7.89. The molecule has 1 aliphatic rings. The maximum absolute atomic E-state index is 11.3. The van der Waals surface area contributed by atoms with Gasteiger partial charge >= 0.3 is 0 Å². The molecule has 0 aromatic heterocycles. The van der Waals surface area contributed by atoms with E-state index in [2.05, 4.69) is 17.2 Å². The molecule has 108 valence electrons. The first-order valence-electron chi connectivity index (χ1n) is 6.55. The lowest BCUT2D eigenvalue weighted by atomic mass is 10.0. The molecule has 0 bridgehead atoms. The van der Waals surface area contributed by atoms with Crippen LogP contribution < -0.4 is 10.1 Å². The summed E-state index contributed by atoms with van der Waals surface area (Å²) in [6.07, 6.45) is 2.69. The Labute approximate surface area is 123 Å². The van der Waals surface area contributed by atoms with Gasteiger partial charge in [-0.25, -0.2) is 13.6 Å². The standard InChI is InChI=1S/C15H15N3O2S/c16-21(19,20)14-8-6-13(7-9-14)18-15(10-11-17-18)12-4-2-1-3-5-12/h1-9,11,15H,10H2,(H2,16,19,20). The van der Waals surface area contributed by atoms with E-state index in [0.717, 1.165) is 12.1 Å². The molecule has 0 spiro atoms. The monoisotopic (exact) mass is 301 g/mol. The Balaban J connectivity index is 1.91. The van der Waals surface area contributed by atoms with E-state index in [9.17, 15) is 8.42 Å². The van der Waals surface area contributed by atoms with E-state index in [4.69, 9.17) is 5.14 Å². The summed E-state index contributed by atoms with van der Waals surface area (Å²) in [5, 5.41) is 11.4. The van der Waals surface area contributed by atoms with Crippen molar-refractivity contribution in [3.05, 3.63) is 60.2 Å². The average molecular weight is 301 g/mol. The molecular weight excluding hydrogens is 286 g/mol. The van der Waals surface area contributed by atoms with Gasteiger partial charge in [0.15, 0.2) is 0 Å². The van der Waals surface area contributed by atoms with Crippen molar-refractivity contribution >= 4 is 21.9 Å². The first kappa shape index (κ1) is 13.8. The van der Waals surface area contributed by atoms with Gasteiger partial charge in [-0.05, 0) is 29.8 Å². The molecule has 2 aromatic carbocycles. The zero-order valence-electron chi connectivity index (χ0n) is 11.3. The molecule has 0 radical (unpaired) electrons. The molecule has 3 rings (SSSR count). The Bertz CT molecular complexity index is 755. The fraction of sp³-hybridized carbons (Fsp3) is 0.133. The Kier molecular flexibility index (Phi) is 3.48. The maximum Gasteiger partial charge on any atom is 0.238 e. The fourth-order valence-electron chi connectivity index (χ4n) is 2.40. The average Bonchev–Trinajstić information content (AvgIpc) is 2.97. The predicted molar refractivity (Wildman–Crippen MR) is 82.6 cm³/mol. The summed E-state index contributed by atoms with van der Waals surface area (Å²) in [7, 11) is -3.67. The van der Waals surface area contributed by atoms with Gasteiger partial charge in [0.1, 0.15) is 0 Å². The third-order valence-corrected chi connectivity index (χ3v) is 4.37. The normalized spacial score (nSPS) is 18.1. The van der Waals surface area contributed by atoms with Crippen molar-refractivity contribution in [2.24, 2.45) is 10.2 Å². The summed E-state index contributed by atoms with van der Waals surface area (Å²) in [6, 6.07) is 16.7. The van der Waals surface area contributed by atoms with Crippen LogP contribution in [-0.4, -0.2) is 14.6 Å². The van der Waals surface area contributed by atoms with Crippen LogP contribution in [0.15, 0.2) is 64.6 Å². The zero-order valence-corrected chi connectivity index (χ0v) is 12.1. The molecule has 0 saturated heterocycles. The number of nitrogens with two attached hydrogens (primary N) is 1. The van der Waals surface area contributed by atoms with Crippen LogP contribution in [0.2, 0.25) is 0 Å². The second-order valence-corrected chi connectivity index (χ2v) is 6.41. The van der Waals surface area contributed by atoms with E-state index < -0.39 is 10.0 Å². The van der Waals surface area contributed by atoms with Crippen LogP contribution in [0, 0.1) is 0 Å². The lowest BCUT2D eigenvalue weighted by molar-refractivity contribution is 0.598. The Hall–Kier alpha value is -2.18. The van der Waals surface area contributed by atoms with E-state index in [1.165, 1.54) is 17.7 Å². The number of anilines is 1. The highest BCUT2D eigenvalue weighted by atomic mass is 32.2. The van der Waals surface area contributed by atoms with Gasteiger partial charge in [0.25, 0.3) is 0 Å². The smallest absolute Gasteiger partial charge is 0.238 e. The summed E-state index contributed by atoms with van der Waals surface area (Å²) in [5.41, 5.74) is 2.01. The van der Waals surface area contributed by atoms with Crippen molar-refractivity contribution in [2.45, 2.75) is 17.4 Å². The minimum atomic E-state index is -3.67. The third kappa shape index (κ3) is 2.81. The van der Waals surface area contributed by atoms with Crippen LogP contribution in [0.1, 0.15) is 18.0 Å². The van der Waals surface area contributed by atoms with Gasteiger partial charge in [-0.1, -0.05) is 30.3 Å². The summed E-state index contributed by atoms with van der Waals surface area (Å²) in [6.45, 7) is 0. The minimum Gasteiger partial charge on any atom is -0.258 e. The SMILES string of the molecule is NS(=O)(=O)c1ccc(N2N=CCC2c2ccccc2)cc1. The molecule has 1 heterocycles. The quantitative estimate of drug-likeness (QED) is 0.945. The van der Waals surface area contributed by atoms with E-state index >= 15 is 0 Å². The van der Waals surface area contributed by atoms with Gasteiger partial charge in [0, 0.05) is 12.6 Å². The Morgan fingerprint density at radius 3 is 2.33 bits per heavy atom. The molecule has 1 atom stereocenters. The molecule has 2 N–H and O–H groups in total. The largest absolute Gasteiger partial charge is 0.258 e. The van der Waals surface area contributed by atoms with E-state index in [1.54, 1.807) is 12.1 Å². The number of hydrazone groups is 1. The van der Waals surface area contributed by atoms with Crippen LogP contribution >= 0.6 is 0 Å². The predicted octanol–water partition coefficient (Wildman–Crippen LogP) is 2.27. The number of hydrogen-bond acceptors (Lipinski definition) is 4. The molecule has 1 unspecified atom stereocenters. The lowest BCUT2D eigenvalue weighted by Gasteiger charge is -2.24. The van der Waals surface area contributed by atoms with Gasteiger partial charge < -0.3 is 0 Å². The molecule has 0 amide bonds. The summed E-state index contributed by atoms with van der Waals surface area (Å²) < 4.78 is 22.6. The third-order valence-electron chi connectivity index (χ3n) is 3.44. The van der Waals surface area contributed by atoms with Crippen LogP contribution in [-0.2, 0) is 10.0 Å². The molecule has 21 heavy (non-hydrogen) atoms. The first-order chi connectivity index (χ1) is 10.1. The lowest BCUT2D eigenvalue weighted by Crippen LogP contribution is -2.19. The van der Waals surface area contributed by atoms with Crippen molar-refractivity contribution in [3.8, 4) is 0 Å². The summed E-state index contributed by atoms with van der Waals surface area (Å²) >= 11 is 0. The van der Waals surface area contributed by atoms with Crippen molar-refractivity contribution in [1.29, 1.82) is 0 Å². The fourth-order valence-corrected chi connectivity index (χ4v) is 2.92. The molecule has 0 saturated carbocycles. The van der Waals surface area contributed by atoms with Gasteiger partial charge in [0.2, 0.25) is 10.0 Å². The Morgan fingerprint density at radius 1 is 1.05 bits per heavy atom. The minimum absolute atomic E-state index is 0.102. The summed E-state index contributed by atoms with van der Waals surface area (Å²) in [4.78, 5) is 0.102. The zero-order chi connectivity index (χ0) is 14.9. The Morgan fingerprint density at radius 2 is 1.71 bits per heavy atom. The number of primary sulfonamides is 1. The van der Waals surface area contributed by atoms with Crippen molar-refractivity contribution in [2.75, 3.05) is 5.01 Å². The van der Waals surface area contributed by atoms with Gasteiger partial charge in [-0.3, -0.25) is 5.01 Å². The summed E-state index contributed by atoms with van der Waals surface area (Å²) in [5.74, 6) is 0. The van der Waals surface area contributed by atoms with Gasteiger partial charge in [-0.15, -0.1) is 0 Å². The number of hydrogen-bond donors (Lipinski definition) is 1. The van der Waals surface area contributed by atoms with Crippen molar-refractivity contribution in [1.82, 2.24) is 0 Å². The van der Waals surface area contributed by atoms with Gasteiger partial charge in [0.05, 0.1) is 16.6 Å². The number of rotatable bonds is 3. The molecule has 5 nitrogen and oxygen atoms in total. The van der Waals surface area contributed by atoms with Crippen molar-refractivity contribution in [3.63, 3.8) is 0 Å². The molecular formula is C15H15N3O2S. The number of nitrogens with zero attached hydrogens (tertiary/aromatic N) is 2. The van der Waals surface area contributed by atoms with Crippen LogP contribution in [0.25, 0.3) is 0 Å². The van der Waals surface area contributed by atoms with Crippen LogP contribution in [0.5, 0.6) is 0 Å². The topological polar surface area (TPSA) is 75.8 Å². The maximum atomic E-state index is 11.3. The molecule has 0 aliphatic carbocycles. The highest BCUT2D eigenvalue weighted by Gasteiger charge is 2.24.